The Hall–Kier alpha value is -1.64. The molecule has 1 atom stereocenters. The third-order valence-electron chi connectivity index (χ3n) is 3.48. The summed E-state index contributed by atoms with van der Waals surface area (Å²) in [5, 5.41) is 0. The summed E-state index contributed by atoms with van der Waals surface area (Å²) in [6, 6.07) is 7.99. The second-order valence-electron chi connectivity index (χ2n) is 4.91. The summed E-state index contributed by atoms with van der Waals surface area (Å²) in [7, 11) is 1.97. The Kier molecular flexibility index (Phi) is 3.80. The first-order valence-corrected chi connectivity index (χ1v) is 6.56. The number of hydrogen-bond donors (Lipinski definition) is 0. The number of Topliss-reactive ketones (excluding diaryl/α,β-unsaturated/α-hetero) is 1. The maximum absolute atomic E-state index is 12.1. The van der Waals surface area contributed by atoms with E-state index in [1.165, 1.54) is 0 Å². The number of ketones is 1. The monoisotopic (exact) mass is 244 g/mol. The average Bonchev–Trinajstić information content (AvgIpc) is 2.67. The predicted molar refractivity (Wildman–Crippen MR) is 73.5 cm³/mol. The number of aryl methyl sites for hydroxylation is 1. The zero-order chi connectivity index (χ0) is 13.1. The van der Waals surface area contributed by atoms with Crippen LogP contribution in [0.4, 0.5) is 0 Å². The molecule has 1 aromatic carbocycles. The van der Waals surface area contributed by atoms with Gasteiger partial charge in [0.15, 0.2) is 0 Å². The van der Waals surface area contributed by atoms with E-state index in [0.29, 0.717) is 6.42 Å². The minimum atomic E-state index is 0.134. The molecule has 96 valence electrons. The molecule has 1 unspecified atom stereocenters. The van der Waals surface area contributed by atoms with Crippen LogP contribution < -0.4 is 0 Å². The summed E-state index contributed by atoms with van der Waals surface area (Å²) in [4.78, 5) is 16.6. The molecule has 0 saturated heterocycles. The van der Waals surface area contributed by atoms with Crippen molar-refractivity contribution in [3.63, 3.8) is 0 Å². The van der Waals surface area contributed by atoms with E-state index in [9.17, 15) is 4.79 Å². The largest absolute Gasteiger partial charge is 0.331 e. The van der Waals surface area contributed by atoms with Crippen LogP contribution in [0.1, 0.15) is 32.5 Å². The van der Waals surface area contributed by atoms with E-state index in [1.807, 2.05) is 42.8 Å². The SMILES string of the molecule is CCCC(C)C(=O)Cc1nc2ccccc2n1C. The van der Waals surface area contributed by atoms with Crippen molar-refractivity contribution in [3.8, 4) is 0 Å². The van der Waals surface area contributed by atoms with E-state index in [0.717, 1.165) is 29.7 Å². The molecule has 18 heavy (non-hydrogen) atoms. The third kappa shape index (κ3) is 2.45. The van der Waals surface area contributed by atoms with Crippen LogP contribution in [-0.2, 0) is 18.3 Å². The fourth-order valence-corrected chi connectivity index (χ4v) is 2.28. The van der Waals surface area contributed by atoms with Gasteiger partial charge < -0.3 is 4.57 Å². The molecule has 0 fully saturated rings. The van der Waals surface area contributed by atoms with E-state index < -0.39 is 0 Å². The minimum Gasteiger partial charge on any atom is -0.331 e. The maximum atomic E-state index is 12.1. The molecule has 0 aliphatic heterocycles. The number of para-hydroxylation sites is 2. The molecule has 2 aromatic rings. The normalized spacial score (nSPS) is 12.8. The van der Waals surface area contributed by atoms with Crippen molar-refractivity contribution in [1.29, 1.82) is 0 Å². The second kappa shape index (κ2) is 5.34. The van der Waals surface area contributed by atoms with Gasteiger partial charge in [-0.05, 0) is 18.6 Å². The van der Waals surface area contributed by atoms with Gasteiger partial charge in [0.05, 0.1) is 17.5 Å². The molecular weight excluding hydrogens is 224 g/mol. The fraction of sp³-hybridized carbons (Fsp3) is 0.467. The summed E-state index contributed by atoms with van der Waals surface area (Å²) in [6.45, 7) is 4.12. The lowest BCUT2D eigenvalue weighted by molar-refractivity contribution is -0.122. The van der Waals surface area contributed by atoms with Crippen LogP contribution in [0, 0.1) is 5.92 Å². The van der Waals surface area contributed by atoms with Crippen LogP contribution in [0.25, 0.3) is 11.0 Å². The van der Waals surface area contributed by atoms with Crippen LogP contribution in [0.3, 0.4) is 0 Å². The Morgan fingerprint density at radius 1 is 1.39 bits per heavy atom. The number of nitrogens with zero attached hydrogens (tertiary/aromatic N) is 2. The second-order valence-corrected chi connectivity index (χ2v) is 4.91. The van der Waals surface area contributed by atoms with Crippen LogP contribution in [0.5, 0.6) is 0 Å². The van der Waals surface area contributed by atoms with Crippen molar-refractivity contribution in [1.82, 2.24) is 9.55 Å². The highest BCUT2D eigenvalue weighted by Crippen LogP contribution is 2.16. The fourth-order valence-electron chi connectivity index (χ4n) is 2.28. The Morgan fingerprint density at radius 2 is 2.11 bits per heavy atom. The molecule has 0 aliphatic carbocycles. The Morgan fingerprint density at radius 3 is 2.78 bits per heavy atom. The van der Waals surface area contributed by atoms with Gasteiger partial charge in [-0.15, -0.1) is 0 Å². The first-order valence-electron chi connectivity index (χ1n) is 6.56. The molecular formula is C15H20N2O. The van der Waals surface area contributed by atoms with E-state index in [1.54, 1.807) is 0 Å². The summed E-state index contributed by atoms with van der Waals surface area (Å²) in [6.07, 6.45) is 2.45. The number of carbonyl (C=O) groups is 1. The van der Waals surface area contributed by atoms with Gasteiger partial charge in [0.2, 0.25) is 0 Å². The number of fused-ring (bicyclic) bond motifs is 1. The van der Waals surface area contributed by atoms with Crippen LogP contribution >= 0.6 is 0 Å². The molecule has 3 heteroatoms. The van der Waals surface area contributed by atoms with Crippen LogP contribution in [0.15, 0.2) is 24.3 Å². The van der Waals surface area contributed by atoms with E-state index in [-0.39, 0.29) is 11.7 Å². The number of aromatic nitrogens is 2. The Balaban J connectivity index is 2.22. The van der Waals surface area contributed by atoms with Gasteiger partial charge in [-0.2, -0.15) is 0 Å². The summed E-state index contributed by atoms with van der Waals surface area (Å²) in [5.41, 5.74) is 2.05. The Labute approximate surface area is 108 Å². The van der Waals surface area contributed by atoms with Crippen molar-refractivity contribution in [2.75, 3.05) is 0 Å². The zero-order valence-electron chi connectivity index (χ0n) is 11.3. The van der Waals surface area contributed by atoms with Crippen LogP contribution in [0.2, 0.25) is 0 Å². The van der Waals surface area contributed by atoms with E-state index in [2.05, 4.69) is 11.9 Å². The number of imidazole rings is 1. The summed E-state index contributed by atoms with van der Waals surface area (Å²) in [5.74, 6) is 1.29. The van der Waals surface area contributed by atoms with Crippen molar-refractivity contribution >= 4 is 16.8 Å². The van der Waals surface area contributed by atoms with Gasteiger partial charge in [0, 0.05) is 13.0 Å². The summed E-state index contributed by atoms with van der Waals surface area (Å²) >= 11 is 0. The maximum Gasteiger partial charge on any atom is 0.143 e. The number of carbonyl (C=O) groups excluding carboxylic acids is 1. The first-order chi connectivity index (χ1) is 8.63. The molecule has 0 radical (unpaired) electrons. The van der Waals surface area contributed by atoms with Crippen molar-refractivity contribution in [2.45, 2.75) is 33.1 Å². The molecule has 1 heterocycles. The van der Waals surface area contributed by atoms with Crippen LogP contribution in [-0.4, -0.2) is 15.3 Å². The van der Waals surface area contributed by atoms with Crippen molar-refractivity contribution in [3.05, 3.63) is 30.1 Å². The molecule has 3 nitrogen and oxygen atoms in total. The minimum absolute atomic E-state index is 0.134. The molecule has 0 spiro atoms. The van der Waals surface area contributed by atoms with Crippen molar-refractivity contribution < 1.29 is 4.79 Å². The zero-order valence-corrected chi connectivity index (χ0v) is 11.3. The molecule has 0 saturated carbocycles. The van der Waals surface area contributed by atoms with E-state index >= 15 is 0 Å². The van der Waals surface area contributed by atoms with Gasteiger partial charge >= 0.3 is 0 Å². The van der Waals surface area contributed by atoms with Gasteiger partial charge in [0.25, 0.3) is 0 Å². The number of hydrogen-bond acceptors (Lipinski definition) is 2. The van der Waals surface area contributed by atoms with Gasteiger partial charge in [0.1, 0.15) is 11.6 Å². The van der Waals surface area contributed by atoms with E-state index in [4.69, 9.17) is 0 Å². The lowest BCUT2D eigenvalue weighted by atomic mass is 9.98. The topological polar surface area (TPSA) is 34.9 Å². The average molecular weight is 244 g/mol. The standard InChI is InChI=1S/C15H20N2O/c1-4-7-11(2)14(18)10-15-16-12-8-5-6-9-13(12)17(15)3/h5-6,8-9,11H,4,7,10H2,1-3H3. The lowest BCUT2D eigenvalue weighted by Crippen LogP contribution is -2.15. The first kappa shape index (κ1) is 12.8. The predicted octanol–water partition coefficient (Wildman–Crippen LogP) is 3.12. The molecule has 2 rings (SSSR count). The highest BCUT2D eigenvalue weighted by atomic mass is 16.1. The molecule has 0 bridgehead atoms. The number of benzene rings is 1. The quantitative estimate of drug-likeness (QED) is 0.810. The lowest BCUT2D eigenvalue weighted by Gasteiger charge is -2.08. The van der Waals surface area contributed by atoms with Crippen molar-refractivity contribution in [2.24, 2.45) is 13.0 Å². The molecule has 0 amide bonds. The Bertz CT molecular complexity index is 557. The summed E-state index contributed by atoms with van der Waals surface area (Å²) < 4.78 is 2.02. The van der Waals surface area contributed by atoms with Gasteiger partial charge in [-0.1, -0.05) is 32.4 Å². The molecule has 1 aromatic heterocycles. The smallest absolute Gasteiger partial charge is 0.143 e. The van der Waals surface area contributed by atoms with Gasteiger partial charge in [-0.25, -0.2) is 4.98 Å². The highest BCUT2D eigenvalue weighted by Gasteiger charge is 2.16. The molecule has 0 aliphatic rings. The third-order valence-corrected chi connectivity index (χ3v) is 3.48. The number of rotatable bonds is 5. The van der Waals surface area contributed by atoms with Gasteiger partial charge in [-0.3, -0.25) is 4.79 Å². The highest BCUT2D eigenvalue weighted by molar-refractivity contribution is 5.84. The molecule has 0 N–H and O–H groups in total.